The molecule has 2 aliphatic rings. The molecule has 1 fully saturated rings. The number of halogens is 4. The van der Waals surface area contributed by atoms with Crippen LogP contribution in [0.15, 0.2) is 35.8 Å². The van der Waals surface area contributed by atoms with Crippen molar-refractivity contribution >= 4 is 68.9 Å². The summed E-state index contributed by atoms with van der Waals surface area (Å²) in [5.74, 6) is -0.778. The molecule has 1 amide bonds. The van der Waals surface area contributed by atoms with Gasteiger partial charge < -0.3 is 20.9 Å². The van der Waals surface area contributed by atoms with E-state index in [9.17, 15) is 9.59 Å². The molecule has 0 spiro atoms. The molecule has 1 saturated heterocycles. The highest BCUT2D eigenvalue weighted by Crippen LogP contribution is 2.47. The van der Waals surface area contributed by atoms with Crippen LogP contribution in [0.5, 0.6) is 0 Å². The molecule has 0 radical (unpaired) electrons. The highest BCUT2D eigenvalue weighted by molar-refractivity contribution is 6.40. The fraction of sp³-hybridized carbons (Fsp3) is 0.323. The zero-order valence-electron chi connectivity index (χ0n) is 25.0. The SMILES string of the molecule is C=CC(=O)N1CC2CNc3c(Cl)c(-c4c(N)c(Cl)cc(Cl)c4F)nc4c3c(nc(=O)n4-c3c(C)ccnc3C(C)C)N2CC1C. The first kappa shape index (κ1) is 31.1. The van der Waals surface area contributed by atoms with Gasteiger partial charge in [0.15, 0.2) is 11.5 Å². The summed E-state index contributed by atoms with van der Waals surface area (Å²) in [5, 5.41) is 3.64. The summed E-state index contributed by atoms with van der Waals surface area (Å²) >= 11 is 19.6. The van der Waals surface area contributed by atoms with Gasteiger partial charge >= 0.3 is 5.69 Å². The van der Waals surface area contributed by atoms with E-state index in [0.717, 1.165) is 5.56 Å². The van der Waals surface area contributed by atoms with Crippen LogP contribution < -0.4 is 21.6 Å². The average molecular weight is 672 g/mol. The normalized spacial score (nSPS) is 17.7. The molecular weight excluding hydrogens is 642 g/mol. The lowest BCUT2D eigenvalue weighted by molar-refractivity contribution is -0.128. The Labute approximate surface area is 273 Å². The first-order valence-corrected chi connectivity index (χ1v) is 15.5. The van der Waals surface area contributed by atoms with Gasteiger partial charge in [-0.25, -0.2) is 18.7 Å². The van der Waals surface area contributed by atoms with Gasteiger partial charge in [0.25, 0.3) is 0 Å². The molecule has 1 aromatic carbocycles. The highest BCUT2D eigenvalue weighted by atomic mass is 35.5. The number of nitrogen functional groups attached to an aromatic ring is 1. The minimum atomic E-state index is -0.860. The van der Waals surface area contributed by atoms with Crippen molar-refractivity contribution in [2.24, 2.45) is 0 Å². The fourth-order valence-electron chi connectivity index (χ4n) is 6.19. The van der Waals surface area contributed by atoms with Crippen LogP contribution in [-0.2, 0) is 4.79 Å². The Morgan fingerprint density at radius 3 is 2.64 bits per heavy atom. The lowest BCUT2D eigenvalue weighted by Gasteiger charge is -2.45. The van der Waals surface area contributed by atoms with E-state index in [2.05, 4.69) is 21.9 Å². The van der Waals surface area contributed by atoms with Crippen LogP contribution in [0.3, 0.4) is 0 Å². The lowest BCUT2D eigenvalue weighted by Crippen LogP contribution is -2.60. The van der Waals surface area contributed by atoms with E-state index in [0.29, 0.717) is 47.9 Å². The maximum atomic E-state index is 15.8. The van der Waals surface area contributed by atoms with Crippen molar-refractivity contribution in [3.63, 3.8) is 0 Å². The second-order valence-corrected chi connectivity index (χ2v) is 12.8. The summed E-state index contributed by atoms with van der Waals surface area (Å²) in [4.78, 5) is 44.7. The zero-order valence-corrected chi connectivity index (χ0v) is 27.2. The molecule has 2 aliphatic heterocycles. The minimum absolute atomic E-state index is 0.0179. The van der Waals surface area contributed by atoms with Gasteiger partial charge in [0, 0.05) is 31.9 Å². The molecule has 234 valence electrons. The second-order valence-electron chi connectivity index (χ2n) is 11.6. The van der Waals surface area contributed by atoms with Gasteiger partial charge in [-0.05, 0) is 43.5 Å². The number of anilines is 3. The summed E-state index contributed by atoms with van der Waals surface area (Å²) in [6, 6.07) is 2.49. The van der Waals surface area contributed by atoms with Crippen molar-refractivity contribution in [3.05, 3.63) is 73.6 Å². The Kier molecular flexibility index (Phi) is 7.91. The first-order valence-electron chi connectivity index (χ1n) is 14.3. The molecule has 14 heteroatoms. The lowest BCUT2D eigenvalue weighted by atomic mass is 10.0. The van der Waals surface area contributed by atoms with Crippen LogP contribution in [0.4, 0.5) is 21.6 Å². The Morgan fingerprint density at radius 2 is 1.96 bits per heavy atom. The van der Waals surface area contributed by atoms with Gasteiger partial charge in [-0.3, -0.25) is 9.78 Å². The third-order valence-electron chi connectivity index (χ3n) is 8.40. The van der Waals surface area contributed by atoms with Crippen LogP contribution in [0.2, 0.25) is 15.1 Å². The van der Waals surface area contributed by atoms with E-state index in [-0.39, 0.29) is 61.6 Å². The number of benzene rings is 1. The van der Waals surface area contributed by atoms with Gasteiger partial charge in [-0.1, -0.05) is 55.2 Å². The van der Waals surface area contributed by atoms with Crippen LogP contribution in [-0.4, -0.2) is 62.0 Å². The van der Waals surface area contributed by atoms with E-state index < -0.39 is 11.5 Å². The molecule has 4 aromatic rings. The zero-order chi connectivity index (χ0) is 32.5. The monoisotopic (exact) mass is 670 g/mol. The van der Waals surface area contributed by atoms with Crippen LogP contribution >= 0.6 is 34.8 Å². The maximum Gasteiger partial charge on any atom is 0.355 e. The first-order chi connectivity index (χ1) is 21.3. The Bertz CT molecular complexity index is 1960. The molecule has 0 saturated carbocycles. The van der Waals surface area contributed by atoms with Crippen LogP contribution in [0.1, 0.15) is 37.9 Å². The number of rotatable bonds is 4. The number of aryl methyl sites for hydroxylation is 1. The quantitative estimate of drug-likeness (QED) is 0.155. The third-order valence-corrected chi connectivity index (χ3v) is 9.36. The number of piperazine rings is 1. The Morgan fingerprint density at radius 1 is 1.22 bits per heavy atom. The van der Waals surface area contributed by atoms with Crippen LogP contribution in [0.25, 0.3) is 28.0 Å². The van der Waals surface area contributed by atoms with Gasteiger partial charge in [0.05, 0.1) is 60.5 Å². The summed E-state index contributed by atoms with van der Waals surface area (Å²) in [6.45, 7) is 12.4. The number of fused-ring (bicyclic) bond motifs is 2. The van der Waals surface area contributed by atoms with E-state index in [1.54, 1.807) is 17.2 Å². The number of aromatic nitrogens is 4. The topological polar surface area (TPSA) is 122 Å². The molecule has 2 atom stereocenters. The summed E-state index contributed by atoms with van der Waals surface area (Å²) in [5.41, 5.74) is 7.79. The van der Waals surface area contributed by atoms with Gasteiger partial charge in [0.2, 0.25) is 5.91 Å². The molecule has 3 aromatic heterocycles. The van der Waals surface area contributed by atoms with Crippen LogP contribution in [0, 0.1) is 12.7 Å². The number of carbonyl (C=O) groups excluding carboxylic acids is 1. The number of nitrogens with one attached hydrogen (secondary N) is 1. The smallest absolute Gasteiger partial charge is 0.355 e. The Balaban J connectivity index is 1.74. The van der Waals surface area contributed by atoms with Crippen molar-refractivity contribution < 1.29 is 9.18 Å². The summed E-state index contributed by atoms with van der Waals surface area (Å²) in [6.07, 6.45) is 2.97. The number of pyridine rings is 2. The molecule has 45 heavy (non-hydrogen) atoms. The van der Waals surface area contributed by atoms with Crippen molar-refractivity contribution in [2.45, 2.75) is 45.7 Å². The molecule has 6 rings (SSSR count). The van der Waals surface area contributed by atoms with Crippen molar-refractivity contribution in [1.82, 2.24) is 24.4 Å². The largest absolute Gasteiger partial charge is 0.397 e. The molecule has 0 bridgehead atoms. The number of hydrogen-bond acceptors (Lipinski definition) is 8. The summed E-state index contributed by atoms with van der Waals surface area (Å²) in [7, 11) is 0. The standard InChI is InChI=1S/C31H30Cl3FN8O2/c1-6-19(44)41-12-16-10-38-26-21-29(42(16)11-15(41)5)40-31(45)43(28-14(4)7-8-37-25(28)13(2)3)30(21)39-27(22(26)34)20-23(35)17(32)9-18(33)24(20)36/h6-9,13,15-16,38H,1,10-12,36H2,2-5H3. The van der Waals surface area contributed by atoms with E-state index >= 15 is 4.39 Å². The van der Waals surface area contributed by atoms with Gasteiger partial charge in [-0.2, -0.15) is 4.98 Å². The minimum Gasteiger partial charge on any atom is -0.397 e. The number of amides is 1. The fourth-order valence-corrected chi connectivity index (χ4v) is 6.96. The molecule has 3 N–H and O–H groups in total. The third kappa shape index (κ3) is 4.88. The molecule has 10 nitrogen and oxygen atoms in total. The summed E-state index contributed by atoms with van der Waals surface area (Å²) < 4.78 is 17.1. The van der Waals surface area contributed by atoms with Gasteiger partial charge in [0.1, 0.15) is 5.82 Å². The molecular formula is C31H30Cl3FN8O2. The number of nitrogens with zero attached hydrogens (tertiary/aromatic N) is 6. The Hall–Kier alpha value is -3.93. The van der Waals surface area contributed by atoms with Gasteiger partial charge in [-0.15, -0.1) is 0 Å². The van der Waals surface area contributed by atoms with Crippen molar-refractivity contribution in [1.29, 1.82) is 0 Å². The average Bonchev–Trinajstić information content (AvgIpc) is 3.15. The van der Waals surface area contributed by atoms with E-state index in [1.807, 2.05) is 32.6 Å². The number of nitrogens with two attached hydrogens (primary N) is 1. The van der Waals surface area contributed by atoms with E-state index in [4.69, 9.17) is 45.5 Å². The highest BCUT2D eigenvalue weighted by Gasteiger charge is 2.39. The predicted molar refractivity (Wildman–Crippen MR) is 178 cm³/mol. The maximum absolute atomic E-state index is 15.8. The van der Waals surface area contributed by atoms with E-state index in [1.165, 1.54) is 16.7 Å². The van der Waals surface area contributed by atoms with Crippen molar-refractivity contribution in [3.8, 4) is 16.9 Å². The number of carbonyl (C=O) groups is 1. The predicted octanol–water partition coefficient (Wildman–Crippen LogP) is 5.97. The molecule has 0 aliphatic carbocycles. The number of hydrogen-bond donors (Lipinski definition) is 2. The molecule has 5 heterocycles. The second kappa shape index (κ2) is 11.5. The molecule has 2 unspecified atom stereocenters. The van der Waals surface area contributed by atoms with Crippen molar-refractivity contribution in [2.75, 3.05) is 35.6 Å².